The van der Waals surface area contributed by atoms with Gasteiger partial charge in [0.1, 0.15) is 0 Å². The molecule has 0 aliphatic heterocycles. The molecule has 0 bridgehead atoms. The molecule has 0 saturated heterocycles. The Morgan fingerprint density at radius 1 is 0.818 bits per heavy atom. The third-order valence-electron chi connectivity index (χ3n) is 2.89. The Morgan fingerprint density at radius 3 is 2.18 bits per heavy atom. The molecule has 0 amide bonds. The molecule has 0 spiro atoms. The number of allylic oxidation sites excluding steroid dienone is 4. The molecule has 0 nitrogen and oxygen atoms in total. The molecule has 0 heteroatoms. The summed E-state index contributed by atoms with van der Waals surface area (Å²) in [7, 11) is 0. The predicted molar refractivity (Wildman–Crippen MR) is 48.3 cm³/mol. The van der Waals surface area contributed by atoms with Crippen LogP contribution in [0.5, 0.6) is 0 Å². The first kappa shape index (κ1) is 7.15. The zero-order valence-corrected chi connectivity index (χ0v) is 7.00. The SMILES string of the molecule is C1=C[C@H](C2C=CCC2)CCC1. The minimum absolute atomic E-state index is 0.877. The molecule has 2 atom stereocenters. The van der Waals surface area contributed by atoms with Crippen LogP contribution in [-0.2, 0) is 0 Å². The van der Waals surface area contributed by atoms with Crippen molar-refractivity contribution >= 4 is 0 Å². The number of rotatable bonds is 1. The van der Waals surface area contributed by atoms with E-state index >= 15 is 0 Å². The molecular formula is C11H16. The topological polar surface area (TPSA) is 0 Å². The molecule has 0 aromatic rings. The standard InChI is InChI=1S/C11H16/c1-2-6-10(7-3-1)11-8-4-5-9-11/h2,4,6,8,10-11H,1,3,5,7,9H2/t10-,11?/m0/s1. The zero-order chi connectivity index (χ0) is 7.52. The van der Waals surface area contributed by atoms with Gasteiger partial charge in [0.25, 0.3) is 0 Å². The second-order valence-corrected chi connectivity index (χ2v) is 3.69. The molecule has 2 aliphatic rings. The van der Waals surface area contributed by atoms with Crippen LogP contribution in [0, 0.1) is 11.8 Å². The van der Waals surface area contributed by atoms with Crippen molar-refractivity contribution in [2.45, 2.75) is 32.1 Å². The van der Waals surface area contributed by atoms with E-state index in [9.17, 15) is 0 Å². The van der Waals surface area contributed by atoms with Gasteiger partial charge in [-0.05, 0) is 43.9 Å². The quantitative estimate of drug-likeness (QED) is 0.500. The molecule has 60 valence electrons. The Bertz CT molecular complexity index is 176. The molecule has 0 aromatic heterocycles. The summed E-state index contributed by atoms with van der Waals surface area (Å²) >= 11 is 0. The smallest absolute Gasteiger partial charge is 0.0168 e. The molecule has 1 unspecified atom stereocenters. The summed E-state index contributed by atoms with van der Waals surface area (Å²) < 4.78 is 0. The summed E-state index contributed by atoms with van der Waals surface area (Å²) in [4.78, 5) is 0. The molecule has 2 rings (SSSR count). The van der Waals surface area contributed by atoms with Gasteiger partial charge in [-0.3, -0.25) is 0 Å². The van der Waals surface area contributed by atoms with Gasteiger partial charge in [0, 0.05) is 0 Å². The number of hydrogen-bond donors (Lipinski definition) is 0. The van der Waals surface area contributed by atoms with E-state index in [0.29, 0.717) is 0 Å². The molecule has 0 aromatic carbocycles. The highest BCUT2D eigenvalue weighted by Gasteiger charge is 2.19. The largest absolute Gasteiger partial charge is 0.0882 e. The highest BCUT2D eigenvalue weighted by molar-refractivity contribution is 5.05. The summed E-state index contributed by atoms with van der Waals surface area (Å²) in [5, 5.41) is 0. The van der Waals surface area contributed by atoms with Gasteiger partial charge in [-0.2, -0.15) is 0 Å². The first-order valence-electron chi connectivity index (χ1n) is 4.80. The highest BCUT2D eigenvalue weighted by atomic mass is 14.2. The van der Waals surface area contributed by atoms with E-state index in [1.807, 2.05) is 0 Å². The lowest BCUT2D eigenvalue weighted by atomic mass is 9.84. The van der Waals surface area contributed by atoms with E-state index in [2.05, 4.69) is 24.3 Å². The van der Waals surface area contributed by atoms with E-state index in [1.165, 1.54) is 32.1 Å². The molecule has 0 radical (unpaired) electrons. The molecule has 0 saturated carbocycles. The number of hydrogen-bond acceptors (Lipinski definition) is 0. The lowest BCUT2D eigenvalue weighted by Crippen LogP contribution is -2.10. The Balaban J connectivity index is 1.97. The maximum Gasteiger partial charge on any atom is -0.0168 e. The fourth-order valence-corrected chi connectivity index (χ4v) is 2.21. The van der Waals surface area contributed by atoms with Crippen LogP contribution in [0.25, 0.3) is 0 Å². The van der Waals surface area contributed by atoms with Crippen molar-refractivity contribution in [3.63, 3.8) is 0 Å². The molecule has 0 heterocycles. The Kier molecular flexibility index (Phi) is 2.11. The average Bonchev–Trinajstić information content (AvgIpc) is 2.58. The van der Waals surface area contributed by atoms with Crippen LogP contribution >= 0.6 is 0 Å². The molecule has 2 aliphatic carbocycles. The summed E-state index contributed by atoms with van der Waals surface area (Å²) in [6.45, 7) is 0. The Hall–Kier alpha value is -0.520. The van der Waals surface area contributed by atoms with E-state index < -0.39 is 0 Å². The van der Waals surface area contributed by atoms with Crippen LogP contribution in [0.4, 0.5) is 0 Å². The second kappa shape index (κ2) is 3.25. The van der Waals surface area contributed by atoms with Crippen molar-refractivity contribution in [1.82, 2.24) is 0 Å². The zero-order valence-electron chi connectivity index (χ0n) is 7.00. The minimum Gasteiger partial charge on any atom is -0.0882 e. The molecule has 0 N–H and O–H groups in total. The Morgan fingerprint density at radius 2 is 1.55 bits per heavy atom. The third kappa shape index (κ3) is 1.55. The minimum atomic E-state index is 0.877. The van der Waals surface area contributed by atoms with E-state index in [4.69, 9.17) is 0 Å². The summed E-state index contributed by atoms with van der Waals surface area (Å²) in [5.41, 5.74) is 0. The van der Waals surface area contributed by atoms with E-state index in [0.717, 1.165) is 11.8 Å². The molecule has 0 fully saturated rings. The van der Waals surface area contributed by atoms with Gasteiger partial charge in [-0.25, -0.2) is 0 Å². The van der Waals surface area contributed by atoms with Crippen molar-refractivity contribution in [2.24, 2.45) is 11.8 Å². The lowest BCUT2D eigenvalue weighted by molar-refractivity contribution is 0.415. The van der Waals surface area contributed by atoms with Crippen LogP contribution in [0.15, 0.2) is 24.3 Å². The van der Waals surface area contributed by atoms with Crippen LogP contribution in [0.1, 0.15) is 32.1 Å². The summed E-state index contributed by atoms with van der Waals surface area (Å²) in [5.74, 6) is 1.76. The van der Waals surface area contributed by atoms with Gasteiger partial charge in [-0.1, -0.05) is 24.3 Å². The van der Waals surface area contributed by atoms with Gasteiger partial charge >= 0.3 is 0 Å². The average molecular weight is 148 g/mol. The maximum atomic E-state index is 2.43. The fourth-order valence-electron chi connectivity index (χ4n) is 2.21. The molecule has 11 heavy (non-hydrogen) atoms. The highest BCUT2D eigenvalue weighted by Crippen LogP contribution is 2.31. The van der Waals surface area contributed by atoms with Crippen molar-refractivity contribution in [2.75, 3.05) is 0 Å². The van der Waals surface area contributed by atoms with Crippen molar-refractivity contribution in [1.29, 1.82) is 0 Å². The maximum absolute atomic E-state index is 2.43. The molecular weight excluding hydrogens is 132 g/mol. The van der Waals surface area contributed by atoms with Crippen molar-refractivity contribution in [3.05, 3.63) is 24.3 Å². The van der Waals surface area contributed by atoms with Crippen molar-refractivity contribution < 1.29 is 0 Å². The van der Waals surface area contributed by atoms with E-state index in [-0.39, 0.29) is 0 Å². The van der Waals surface area contributed by atoms with Crippen molar-refractivity contribution in [3.8, 4) is 0 Å². The van der Waals surface area contributed by atoms with Gasteiger partial charge in [0.15, 0.2) is 0 Å². The second-order valence-electron chi connectivity index (χ2n) is 3.69. The normalized spacial score (nSPS) is 36.4. The summed E-state index contributed by atoms with van der Waals surface area (Å²) in [6, 6.07) is 0. The monoisotopic (exact) mass is 148 g/mol. The Labute approximate surface area is 69.0 Å². The van der Waals surface area contributed by atoms with Crippen LogP contribution in [0.2, 0.25) is 0 Å². The first-order valence-corrected chi connectivity index (χ1v) is 4.80. The van der Waals surface area contributed by atoms with Crippen LogP contribution < -0.4 is 0 Å². The third-order valence-corrected chi connectivity index (χ3v) is 2.89. The fraction of sp³-hybridized carbons (Fsp3) is 0.636. The van der Waals surface area contributed by atoms with Gasteiger partial charge < -0.3 is 0 Å². The van der Waals surface area contributed by atoms with Gasteiger partial charge in [-0.15, -0.1) is 0 Å². The van der Waals surface area contributed by atoms with Crippen LogP contribution in [0.3, 0.4) is 0 Å². The lowest BCUT2D eigenvalue weighted by Gasteiger charge is -2.21. The van der Waals surface area contributed by atoms with Crippen LogP contribution in [-0.4, -0.2) is 0 Å². The first-order chi connectivity index (χ1) is 5.47. The predicted octanol–water partition coefficient (Wildman–Crippen LogP) is 3.31. The van der Waals surface area contributed by atoms with Gasteiger partial charge in [0.05, 0.1) is 0 Å². The van der Waals surface area contributed by atoms with E-state index in [1.54, 1.807) is 0 Å². The van der Waals surface area contributed by atoms with Gasteiger partial charge in [0.2, 0.25) is 0 Å². The summed E-state index contributed by atoms with van der Waals surface area (Å²) in [6.07, 6.45) is 16.4.